The number of nitrogens with zero attached hydrogens (tertiary/aromatic N) is 2. The molecule has 0 atom stereocenters. The summed E-state index contributed by atoms with van der Waals surface area (Å²) in [5.74, 6) is 0.839. The average molecular weight is 203 g/mol. The third kappa shape index (κ3) is 1.79. The Morgan fingerprint density at radius 1 is 1.20 bits per heavy atom. The number of aromatic amines is 1. The molecule has 4 nitrogen and oxygen atoms in total. The number of anilines is 1. The molecule has 1 aromatic carbocycles. The van der Waals surface area contributed by atoms with Crippen LogP contribution in [0, 0.1) is 0 Å². The maximum absolute atomic E-state index is 11.3. The molecule has 0 amide bonds. The molecule has 0 aliphatic rings. The Balaban J connectivity index is 2.58. The predicted molar refractivity (Wildman–Crippen MR) is 60.7 cm³/mol. The first-order valence-electron chi connectivity index (χ1n) is 4.73. The van der Waals surface area contributed by atoms with Gasteiger partial charge in [-0.05, 0) is 12.1 Å². The Kier molecular flexibility index (Phi) is 2.33. The fourth-order valence-corrected chi connectivity index (χ4v) is 1.48. The molecule has 0 unspecified atom stereocenters. The van der Waals surface area contributed by atoms with Gasteiger partial charge in [-0.1, -0.05) is 18.2 Å². The molecule has 0 radical (unpaired) electrons. The zero-order chi connectivity index (χ0) is 10.8. The molecule has 1 heterocycles. The minimum Gasteiger partial charge on any atom is -0.363 e. The smallest absolute Gasteiger partial charge is 0.266 e. The van der Waals surface area contributed by atoms with Gasteiger partial charge in [-0.15, -0.1) is 0 Å². The minimum absolute atomic E-state index is 0.0949. The second-order valence-electron chi connectivity index (χ2n) is 3.54. The number of aromatic nitrogens is 2. The lowest BCUT2D eigenvalue weighted by atomic mass is 10.3. The quantitative estimate of drug-likeness (QED) is 0.797. The van der Waals surface area contributed by atoms with Crippen molar-refractivity contribution in [1.29, 1.82) is 0 Å². The number of hydrogen-bond acceptors (Lipinski definition) is 2. The molecule has 78 valence electrons. The van der Waals surface area contributed by atoms with Crippen LogP contribution in [0.5, 0.6) is 0 Å². The number of H-pyrrole nitrogens is 1. The number of benzene rings is 1. The van der Waals surface area contributed by atoms with Crippen LogP contribution in [0.15, 0.2) is 41.2 Å². The second-order valence-corrected chi connectivity index (χ2v) is 3.54. The van der Waals surface area contributed by atoms with Gasteiger partial charge in [-0.25, -0.2) is 4.68 Å². The van der Waals surface area contributed by atoms with E-state index in [4.69, 9.17) is 0 Å². The van der Waals surface area contributed by atoms with Crippen molar-refractivity contribution in [3.8, 4) is 5.69 Å². The predicted octanol–water partition coefficient (Wildman–Crippen LogP) is 1.23. The molecular weight excluding hydrogens is 190 g/mol. The molecule has 0 bridgehead atoms. The SMILES string of the molecule is CN(C)c1cc(=O)[nH]n1-c1ccccc1. The van der Waals surface area contributed by atoms with E-state index in [0.29, 0.717) is 0 Å². The van der Waals surface area contributed by atoms with Gasteiger partial charge < -0.3 is 4.90 Å². The fourth-order valence-electron chi connectivity index (χ4n) is 1.48. The van der Waals surface area contributed by atoms with Crippen LogP contribution < -0.4 is 10.5 Å². The molecule has 0 aliphatic carbocycles. The van der Waals surface area contributed by atoms with Gasteiger partial charge >= 0.3 is 0 Å². The van der Waals surface area contributed by atoms with Crippen molar-refractivity contribution in [2.75, 3.05) is 19.0 Å². The Morgan fingerprint density at radius 2 is 1.87 bits per heavy atom. The average Bonchev–Trinajstić information content (AvgIpc) is 2.62. The van der Waals surface area contributed by atoms with Gasteiger partial charge in [0.15, 0.2) is 0 Å². The largest absolute Gasteiger partial charge is 0.363 e. The molecule has 1 N–H and O–H groups in total. The van der Waals surface area contributed by atoms with Gasteiger partial charge in [0, 0.05) is 20.2 Å². The fraction of sp³-hybridized carbons (Fsp3) is 0.182. The molecule has 0 saturated heterocycles. The normalized spacial score (nSPS) is 10.3. The van der Waals surface area contributed by atoms with Gasteiger partial charge in [0.05, 0.1) is 5.69 Å². The van der Waals surface area contributed by atoms with E-state index in [9.17, 15) is 4.79 Å². The van der Waals surface area contributed by atoms with Crippen molar-refractivity contribution in [1.82, 2.24) is 9.78 Å². The van der Waals surface area contributed by atoms with E-state index in [1.807, 2.05) is 49.3 Å². The summed E-state index contributed by atoms with van der Waals surface area (Å²) in [7, 11) is 3.81. The van der Waals surface area contributed by atoms with Crippen molar-refractivity contribution in [2.24, 2.45) is 0 Å². The molecule has 2 rings (SSSR count). The van der Waals surface area contributed by atoms with Gasteiger partial charge in [0.2, 0.25) is 0 Å². The molecule has 0 spiro atoms. The Hall–Kier alpha value is -1.97. The zero-order valence-corrected chi connectivity index (χ0v) is 8.77. The lowest BCUT2D eigenvalue weighted by molar-refractivity contribution is 0.842. The molecule has 2 aromatic rings. The number of hydrogen-bond donors (Lipinski definition) is 1. The van der Waals surface area contributed by atoms with Crippen molar-refractivity contribution < 1.29 is 0 Å². The molecule has 4 heteroatoms. The van der Waals surface area contributed by atoms with Crippen molar-refractivity contribution in [3.63, 3.8) is 0 Å². The summed E-state index contributed by atoms with van der Waals surface area (Å²) < 4.78 is 1.77. The van der Waals surface area contributed by atoms with Gasteiger partial charge in [0.25, 0.3) is 5.56 Å². The van der Waals surface area contributed by atoms with Crippen molar-refractivity contribution in [3.05, 3.63) is 46.8 Å². The van der Waals surface area contributed by atoms with Crippen LogP contribution in [0.2, 0.25) is 0 Å². The lowest BCUT2D eigenvalue weighted by Crippen LogP contribution is -2.14. The highest BCUT2D eigenvalue weighted by Crippen LogP contribution is 2.14. The van der Waals surface area contributed by atoms with E-state index < -0.39 is 0 Å². The molecule has 0 saturated carbocycles. The topological polar surface area (TPSA) is 41.0 Å². The van der Waals surface area contributed by atoms with Crippen LogP contribution in [0.4, 0.5) is 5.82 Å². The van der Waals surface area contributed by atoms with Crippen LogP contribution in [-0.4, -0.2) is 23.9 Å². The number of nitrogens with one attached hydrogen (secondary N) is 1. The van der Waals surface area contributed by atoms with E-state index in [2.05, 4.69) is 5.10 Å². The van der Waals surface area contributed by atoms with Crippen LogP contribution in [0.3, 0.4) is 0 Å². The Labute approximate surface area is 87.7 Å². The van der Waals surface area contributed by atoms with E-state index in [1.165, 1.54) is 0 Å². The first kappa shape index (κ1) is 9.58. The summed E-state index contributed by atoms with van der Waals surface area (Å²) >= 11 is 0. The first-order valence-corrected chi connectivity index (χ1v) is 4.73. The summed E-state index contributed by atoms with van der Waals surface area (Å²) in [6.07, 6.45) is 0. The number of rotatable bonds is 2. The van der Waals surface area contributed by atoms with Crippen LogP contribution in [0.1, 0.15) is 0 Å². The van der Waals surface area contributed by atoms with E-state index in [-0.39, 0.29) is 5.56 Å². The maximum atomic E-state index is 11.3. The highest BCUT2D eigenvalue weighted by molar-refractivity contribution is 5.45. The standard InChI is InChI=1S/C11H13N3O/c1-13(2)11-8-10(15)12-14(11)9-6-4-3-5-7-9/h3-8H,1-2H3,(H,12,15). The van der Waals surface area contributed by atoms with E-state index in [1.54, 1.807) is 10.7 Å². The summed E-state index contributed by atoms with van der Waals surface area (Å²) in [5.41, 5.74) is 0.853. The maximum Gasteiger partial charge on any atom is 0.266 e. The highest BCUT2D eigenvalue weighted by Gasteiger charge is 2.06. The summed E-state index contributed by atoms with van der Waals surface area (Å²) in [6, 6.07) is 11.3. The molecule has 1 aromatic heterocycles. The lowest BCUT2D eigenvalue weighted by Gasteiger charge is -2.14. The monoisotopic (exact) mass is 203 g/mol. The second kappa shape index (κ2) is 3.65. The number of para-hydroxylation sites is 1. The van der Waals surface area contributed by atoms with E-state index >= 15 is 0 Å². The third-order valence-electron chi connectivity index (χ3n) is 2.18. The Bertz CT molecular complexity index is 496. The summed E-state index contributed by atoms with van der Waals surface area (Å²) in [6.45, 7) is 0. The van der Waals surface area contributed by atoms with Gasteiger partial charge in [0.1, 0.15) is 5.82 Å². The van der Waals surface area contributed by atoms with E-state index in [0.717, 1.165) is 11.5 Å². The van der Waals surface area contributed by atoms with Crippen LogP contribution in [0.25, 0.3) is 5.69 Å². The van der Waals surface area contributed by atoms with Gasteiger partial charge in [-0.3, -0.25) is 9.89 Å². The zero-order valence-electron chi connectivity index (χ0n) is 8.77. The van der Waals surface area contributed by atoms with Crippen LogP contribution in [-0.2, 0) is 0 Å². The van der Waals surface area contributed by atoms with Crippen molar-refractivity contribution >= 4 is 5.82 Å². The minimum atomic E-state index is -0.0949. The van der Waals surface area contributed by atoms with Crippen molar-refractivity contribution in [2.45, 2.75) is 0 Å². The Morgan fingerprint density at radius 3 is 2.47 bits per heavy atom. The molecule has 15 heavy (non-hydrogen) atoms. The highest BCUT2D eigenvalue weighted by atomic mass is 16.1. The molecular formula is C11H13N3O. The van der Waals surface area contributed by atoms with Crippen LogP contribution >= 0.6 is 0 Å². The van der Waals surface area contributed by atoms with Gasteiger partial charge in [-0.2, -0.15) is 0 Å². The molecule has 0 fully saturated rings. The third-order valence-corrected chi connectivity index (χ3v) is 2.18. The summed E-state index contributed by atoms with van der Waals surface area (Å²) in [5, 5.41) is 2.76. The summed E-state index contributed by atoms with van der Waals surface area (Å²) in [4.78, 5) is 13.2. The molecule has 0 aliphatic heterocycles. The first-order chi connectivity index (χ1) is 7.18.